The van der Waals surface area contributed by atoms with Crippen LogP contribution in [0.25, 0.3) is 34.1 Å². The van der Waals surface area contributed by atoms with E-state index in [1.807, 2.05) is 54.6 Å². The smallest absolute Gasteiger partial charge is 0.229 e. The summed E-state index contributed by atoms with van der Waals surface area (Å²) < 4.78 is 11.6. The first-order valence-electron chi connectivity index (χ1n) is 10.3. The van der Waals surface area contributed by atoms with Gasteiger partial charge < -0.3 is 14.1 Å². The number of oxazole rings is 1. The van der Waals surface area contributed by atoms with E-state index in [1.165, 1.54) is 6.42 Å². The van der Waals surface area contributed by atoms with Crippen LogP contribution in [0.4, 0.5) is 5.82 Å². The van der Waals surface area contributed by atoms with E-state index >= 15 is 0 Å². The maximum atomic E-state index is 6.21. The summed E-state index contributed by atoms with van der Waals surface area (Å²) in [5, 5.41) is 0. The highest BCUT2D eigenvalue weighted by atomic mass is 16.5. The third kappa shape index (κ3) is 3.49. The van der Waals surface area contributed by atoms with Gasteiger partial charge in [0.2, 0.25) is 17.1 Å². The number of hydrogen-bond acceptors (Lipinski definition) is 6. The van der Waals surface area contributed by atoms with Crippen molar-refractivity contribution in [3.8, 4) is 28.6 Å². The van der Waals surface area contributed by atoms with Crippen molar-refractivity contribution in [1.82, 2.24) is 15.0 Å². The number of hydrogen-bond donors (Lipinski definition) is 0. The van der Waals surface area contributed by atoms with Crippen molar-refractivity contribution in [2.45, 2.75) is 19.8 Å². The van der Waals surface area contributed by atoms with Crippen LogP contribution in [0.15, 0.2) is 59.0 Å². The molecular formula is C24H24N4O2. The Morgan fingerprint density at radius 2 is 1.83 bits per heavy atom. The standard InChI is InChI=1S/C24H24N4O2/c1-16-8-7-13-28(15-16)23-20-22(27-24(30-20)17-9-4-3-5-10-17)25-21(26-23)18-11-6-12-19(14-18)29-2/h3-6,9-12,14,16H,7-8,13,15H2,1-2H3/t16-/m1/s1. The van der Waals surface area contributed by atoms with Crippen LogP contribution in [0.2, 0.25) is 0 Å². The molecule has 3 heterocycles. The molecule has 0 unspecified atom stereocenters. The minimum atomic E-state index is 0.564. The molecule has 4 aromatic rings. The van der Waals surface area contributed by atoms with Gasteiger partial charge in [-0.15, -0.1) is 0 Å². The van der Waals surface area contributed by atoms with Gasteiger partial charge in [-0.1, -0.05) is 37.3 Å². The van der Waals surface area contributed by atoms with E-state index in [9.17, 15) is 0 Å². The number of methoxy groups -OCH3 is 1. The molecule has 1 fully saturated rings. The molecule has 2 aromatic carbocycles. The Balaban J connectivity index is 1.68. The molecule has 2 aromatic heterocycles. The predicted octanol–water partition coefficient (Wildman–Crippen LogP) is 5.20. The van der Waals surface area contributed by atoms with E-state index in [4.69, 9.17) is 24.1 Å². The molecule has 0 saturated carbocycles. The minimum Gasteiger partial charge on any atom is -0.497 e. The number of fused-ring (bicyclic) bond motifs is 1. The van der Waals surface area contributed by atoms with Gasteiger partial charge in [0, 0.05) is 24.2 Å². The van der Waals surface area contributed by atoms with Crippen molar-refractivity contribution >= 4 is 17.0 Å². The molecule has 1 aliphatic heterocycles. The van der Waals surface area contributed by atoms with Gasteiger partial charge in [0.1, 0.15) is 5.75 Å². The normalized spacial score (nSPS) is 16.7. The maximum Gasteiger partial charge on any atom is 0.229 e. The fraction of sp³-hybridized carbons (Fsp3) is 0.292. The average Bonchev–Trinajstić information content (AvgIpc) is 3.23. The molecule has 0 N–H and O–H groups in total. The van der Waals surface area contributed by atoms with Gasteiger partial charge in [0.05, 0.1) is 7.11 Å². The third-order valence-electron chi connectivity index (χ3n) is 5.54. The first-order valence-corrected chi connectivity index (χ1v) is 10.3. The van der Waals surface area contributed by atoms with Gasteiger partial charge in [-0.3, -0.25) is 0 Å². The van der Waals surface area contributed by atoms with Crippen LogP contribution < -0.4 is 9.64 Å². The Kier molecular flexibility index (Phi) is 4.83. The van der Waals surface area contributed by atoms with Crippen LogP contribution in [0.5, 0.6) is 5.75 Å². The first kappa shape index (κ1) is 18.6. The van der Waals surface area contributed by atoms with Crippen LogP contribution in [0.3, 0.4) is 0 Å². The van der Waals surface area contributed by atoms with Gasteiger partial charge in [-0.25, -0.2) is 9.97 Å². The van der Waals surface area contributed by atoms with Gasteiger partial charge >= 0.3 is 0 Å². The maximum absolute atomic E-state index is 6.21. The zero-order valence-electron chi connectivity index (χ0n) is 17.2. The lowest BCUT2D eigenvalue weighted by Crippen LogP contribution is -2.35. The van der Waals surface area contributed by atoms with E-state index in [0.717, 1.165) is 42.2 Å². The van der Waals surface area contributed by atoms with Gasteiger partial charge in [-0.2, -0.15) is 4.98 Å². The largest absolute Gasteiger partial charge is 0.497 e. The molecule has 30 heavy (non-hydrogen) atoms. The van der Waals surface area contributed by atoms with E-state index in [1.54, 1.807) is 7.11 Å². The molecule has 6 nitrogen and oxygen atoms in total. The Hall–Kier alpha value is -3.41. The zero-order chi connectivity index (χ0) is 20.5. The highest BCUT2D eigenvalue weighted by molar-refractivity contribution is 5.85. The summed E-state index contributed by atoms with van der Waals surface area (Å²) in [5.74, 6) is 3.39. The Labute approximate surface area is 175 Å². The minimum absolute atomic E-state index is 0.564. The van der Waals surface area contributed by atoms with Crippen molar-refractivity contribution in [3.63, 3.8) is 0 Å². The predicted molar refractivity (Wildman–Crippen MR) is 118 cm³/mol. The second-order valence-electron chi connectivity index (χ2n) is 7.83. The van der Waals surface area contributed by atoms with E-state index in [-0.39, 0.29) is 0 Å². The molecular weight excluding hydrogens is 376 g/mol. The fourth-order valence-electron chi connectivity index (χ4n) is 4.00. The van der Waals surface area contributed by atoms with Crippen molar-refractivity contribution in [1.29, 1.82) is 0 Å². The highest BCUT2D eigenvalue weighted by Crippen LogP contribution is 2.34. The van der Waals surface area contributed by atoms with Crippen LogP contribution in [0.1, 0.15) is 19.8 Å². The topological polar surface area (TPSA) is 64.3 Å². The first-order chi connectivity index (χ1) is 14.7. The fourth-order valence-corrected chi connectivity index (χ4v) is 4.00. The van der Waals surface area contributed by atoms with Crippen molar-refractivity contribution < 1.29 is 9.15 Å². The lowest BCUT2D eigenvalue weighted by Gasteiger charge is -2.31. The number of anilines is 1. The molecule has 0 bridgehead atoms. The third-order valence-corrected chi connectivity index (χ3v) is 5.54. The molecule has 0 aliphatic carbocycles. The van der Waals surface area contributed by atoms with Crippen molar-refractivity contribution in [2.24, 2.45) is 5.92 Å². The summed E-state index contributed by atoms with van der Waals surface area (Å²) in [4.78, 5) is 16.7. The summed E-state index contributed by atoms with van der Waals surface area (Å²) in [7, 11) is 1.66. The molecule has 0 amide bonds. The van der Waals surface area contributed by atoms with E-state index in [0.29, 0.717) is 28.9 Å². The van der Waals surface area contributed by atoms with Crippen LogP contribution in [-0.2, 0) is 0 Å². The summed E-state index contributed by atoms with van der Waals surface area (Å²) in [5.41, 5.74) is 3.05. The molecule has 0 spiro atoms. The number of benzene rings is 2. The molecule has 1 aliphatic rings. The van der Waals surface area contributed by atoms with Gasteiger partial charge in [-0.05, 0) is 43.0 Å². The number of nitrogens with zero attached hydrogens (tertiary/aromatic N) is 4. The molecule has 5 rings (SSSR count). The van der Waals surface area contributed by atoms with Crippen molar-refractivity contribution in [2.75, 3.05) is 25.1 Å². The summed E-state index contributed by atoms with van der Waals surface area (Å²) in [6.07, 6.45) is 2.37. The van der Waals surface area contributed by atoms with E-state index < -0.39 is 0 Å². The second-order valence-corrected chi connectivity index (χ2v) is 7.83. The quantitative estimate of drug-likeness (QED) is 0.469. The SMILES string of the molecule is COc1cccc(-c2nc(N3CCC[C@@H](C)C3)c3oc(-c4ccccc4)nc3n2)c1. The molecule has 1 atom stereocenters. The lowest BCUT2D eigenvalue weighted by molar-refractivity contribution is 0.415. The number of rotatable bonds is 4. The summed E-state index contributed by atoms with van der Waals surface area (Å²) in [6.45, 7) is 4.18. The number of piperidine rings is 1. The van der Waals surface area contributed by atoms with Crippen LogP contribution in [-0.4, -0.2) is 35.2 Å². The Morgan fingerprint density at radius 3 is 2.63 bits per heavy atom. The highest BCUT2D eigenvalue weighted by Gasteiger charge is 2.24. The molecule has 1 saturated heterocycles. The van der Waals surface area contributed by atoms with Crippen LogP contribution >= 0.6 is 0 Å². The van der Waals surface area contributed by atoms with Gasteiger partial charge in [0.25, 0.3) is 0 Å². The zero-order valence-corrected chi connectivity index (χ0v) is 17.2. The molecule has 152 valence electrons. The number of ether oxygens (including phenoxy) is 1. The average molecular weight is 400 g/mol. The number of aromatic nitrogens is 3. The summed E-state index contributed by atoms with van der Waals surface area (Å²) in [6, 6.07) is 17.7. The Bertz CT molecular complexity index is 1170. The van der Waals surface area contributed by atoms with Crippen LogP contribution in [0, 0.1) is 5.92 Å². The summed E-state index contributed by atoms with van der Waals surface area (Å²) >= 11 is 0. The Morgan fingerprint density at radius 1 is 1.00 bits per heavy atom. The molecule has 0 radical (unpaired) electrons. The van der Waals surface area contributed by atoms with E-state index in [2.05, 4.69) is 11.8 Å². The molecule has 6 heteroatoms. The van der Waals surface area contributed by atoms with Crippen molar-refractivity contribution in [3.05, 3.63) is 54.6 Å². The van der Waals surface area contributed by atoms with Gasteiger partial charge in [0.15, 0.2) is 11.6 Å². The monoisotopic (exact) mass is 400 g/mol. The second kappa shape index (κ2) is 7.78. The lowest BCUT2D eigenvalue weighted by atomic mass is 10.0.